The van der Waals surface area contributed by atoms with Crippen LogP contribution in [0.1, 0.15) is 13.8 Å². The van der Waals surface area contributed by atoms with Crippen molar-refractivity contribution in [1.29, 1.82) is 0 Å². The summed E-state index contributed by atoms with van der Waals surface area (Å²) in [5, 5.41) is 0.300. The maximum absolute atomic E-state index is 13.6. The Morgan fingerprint density at radius 3 is 2.65 bits per heavy atom. The number of ether oxygens (including phenoxy) is 1. The zero-order valence-electron chi connectivity index (χ0n) is 11.0. The van der Waals surface area contributed by atoms with E-state index in [1.807, 2.05) is 13.8 Å². The van der Waals surface area contributed by atoms with Crippen LogP contribution in [0.3, 0.4) is 0 Å². The molecule has 0 bridgehead atoms. The van der Waals surface area contributed by atoms with E-state index in [0.717, 1.165) is 11.8 Å². The summed E-state index contributed by atoms with van der Waals surface area (Å²) >= 11 is 1.07. The monoisotopic (exact) mass is 295 g/mol. The van der Waals surface area contributed by atoms with Crippen LogP contribution in [0.25, 0.3) is 0 Å². The van der Waals surface area contributed by atoms with E-state index >= 15 is 0 Å². The Morgan fingerprint density at radius 2 is 2.00 bits per heavy atom. The highest BCUT2D eigenvalue weighted by Gasteiger charge is 2.11. The first-order valence-electron chi connectivity index (χ1n) is 5.90. The Kier molecular flexibility index (Phi) is 4.70. The van der Waals surface area contributed by atoms with Crippen molar-refractivity contribution in [2.75, 3.05) is 5.43 Å². The van der Waals surface area contributed by atoms with Gasteiger partial charge in [0.2, 0.25) is 11.1 Å². The second kappa shape index (κ2) is 6.49. The Balaban J connectivity index is 2.29. The number of benzene rings is 1. The zero-order valence-corrected chi connectivity index (χ0v) is 11.8. The molecule has 0 saturated carbocycles. The molecule has 0 spiro atoms. The maximum atomic E-state index is 13.6. The Morgan fingerprint density at radius 1 is 1.25 bits per heavy atom. The van der Waals surface area contributed by atoms with E-state index < -0.39 is 0 Å². The van der Waals surface area contributed by atoms with Crippen molar-refractivity contribution in [2.45, 2.75) is 30.0 Å². The second-order valence-corrected chi connectivity index (χ2v) is 5.08. The highest BCUT2D eigenvalue weighted by atomic mass is 32.2. The van der Waals surface area contributed by atoms with E-state index in [1.165, 1.54) is 6.07 Å². The molecular formula is C12H14FN5OS. The van der Waals surface area contributed by atoms with Crippen LogP contribution >= 0.6 is 11.8 Å². The number of rotatable bonds is 5. The standard InChI is InChI=1S/C12H14FN5OS/c1-7(2)19-11-15-10(18-14)16-12(17-11)20-9-6-4-3-5-8(9)13/h3-7H,14H2,1-2H3,(H,15,16,17,18). The number of halogens is 1. The third kappa shape index (κ3) is 3.78. The van der Waals surface area contributed by atoms with Crippen molar-refractivity contribution in [2.24, 2.45) is 5.84 Å². The first-order valence-corrected chi connectivity index (χ1v) is 6.72. The highest BCUT2D eigenvalue weighted by molar-refractivity contribution is 7.99. The molecule has 0 saturated heterocycles. The highest BCUT2D eigenvalue weighted by Crippen LogP contribution is 2.28. The van der Waals surface area contributed by atoms with Crippen LogP contribution in [0.4, 0.5) is 10.3 Å². The van der Waals surface area contributed by atoms with E-state index in [2.05, 4.69) is 20.4 Å². The van der Waals surface area contributed by atoms with Crippen LogP contribution < -0.4 is 16.0 Å². The predicted octanol–water partition coefficient (Wildman–Crippen LogP) is 2.23. The van der Waals surface area contributed by atoms with Crippen molar-refractivity contribution < 1.29 is 9.13 Å². The van der Waals surface area contributed by atoms with Crippen LogP contribution in [-0.2, 0) is 0 Å². The molecule has 2 rings (SSSR count). The van der Waals surface area contributed by atoms with Gasteiger partial charge in [0, 0.05) is 0 Å². The summed E-state index contributed by atoms with van der Waals surface area (Å²) in [6.45, 7) is 3.70. The van der Waals surface area contributed by atoms with Crippen molar-refractivity contribution in [3.05, 3.63) is 30.1 Å². The van der Waals surface area contributed by atoms with Crippen molar-refractivity contribution >= 4 is 17.7 Å². The third-order valence-electron chi connectivity index (χ3n) is 2.10. The molecule has 6 nitrogen and oxygen atoms in total. The van der Waals surface area contributed by atoms with Gasteiger partial charge in [0.1, 0.15) is 5.82 Å². The predicted molar refractivity (Wildman–Crippen MR) is 73.9 cm³/mol. The van der Waals surface area contributed by atoms with Crippen molar-refractivity contribution in [3.63, 3.8) is 0 Å². The van der Waals surface area contributed by atoms with Gasteiger partial charge in [-0.2, -0.15) is 15.0 Å². The number of nitrogens with one attached hydrogen (secondary N) is 1. The second-order valence-electron chi connectivity index (χ2n) is 4.07. The summed E-state index contributed by atoms with van der Waals surface area (Å²) in [5.41, 5.74) is 2.33. The maximum Gasteiger partial charge on any atom is 0.322 e. The smallest absolute Gasteiger partial charge is 0.322 e. The number of nitrogen functional groups attached to an aromatic ring is 1. The summed E-state index contributed by atoms with van der Waals surface area (Å²) in [5.74, 6) is 5.12. The molecule has 0 radical (unpaired) electrons. The number of anilines is 1. The number of aromatic nitrogens is 3. The Labute approximate surface area is 120 Å². The zero-order chi connectivity index (χ0) is 14.5. The van der Waals surface area contributed by atoms with Crippen LogP contribution in [0, 0.1) is 5.82 Å². The van der Waals surface area contributed by atoms with Crippen LogP contribution in [0.15, 0.2) is 34.3 Å². The average molecular weight is 295 g/mol. The minimum absolute atomic E-state index is 0.0886. The molecule has 0 fully saturated rings. The van der Waals surface area contributed by atoms with Gasteiger partial charge in [0.05, 0.1) is 11.0 Å². The van der Waals surface area contributed by atoms with E-state index in [1.54, 1.807) is 18.2 Å². The third-order valence-corrected chi connectivity index (χ3v) is 3.02. The lowest BCUT2D eigenvalue weighted by Gasteiger charge is -2.10. The molecule has 0 atom stereocenters. The number of hydrogen-bond acceptors (Lipinski definition) is 7. The largest absolute Gasteiger partial charge is 0.461 e. The molecule has 20 heavy (non-hydrogen) atoms. The van der Waals surface area contributed by atoms with Crippen molar-refractivity contribution in [3.8, 4) is 6.01 Å². The van der Waals surface area contributed by atoms with Gasteiger partial charge in [-0.3, -0.25) is 5.43 Å². The van der Waals surface area contributed by atoms with Gasteiger partial charge >= 0.3 is 6.01 Å². The molecule has 0 aliphatic carbocycles. The SMILES string of the molecule is CC(C)Oc1nc(NN)nc(Sc2ccccc2F)n1. The van der Waals surface area contributed by atoms with Crippen LogP contribution in [-0.4, -0.2) is 21.1 Å². The van der Waals surface area contributed by atoms with E-state index in [4.69, 9.17) is 10.6 Å². The number of hydrogen-bond donors (Lipinski definition) is 2. The van der Waals surface area contributed by atoms with Gasteiger partial charge in [0.15, 0.2) is 0 Å². The minimum atomic E-state index is -0.341. The fraction of sp³-hybridized carbons (Fsp3) is 0.250. The molecule has 1 aromatic heterocycles. The van der Waals surface area contributed by atoms with Gasteiger partial charge in [-0.1, -0.05) is 12.1 Å². The normalized spacial score (nSPS) is 10.7. The molecule has 1 aromatic carbocycles. The van der Waals surface area contributed by atoms with Gasteiger partial charge in [-0.15, -0.1) is 0 Å². The Hall–Kier alpha value is -1.93. The fourth-order valence-electron chi connectivity index (χ4n) is 1.34. The molecule has 8 heteroatoms. The Bertz CT molecular complexity index is 596. The van der Waals surface area contributed by atoms with Gasteiger partial charge in [-0.05, 0) is 37.7 Å². The summed E-state index contributed by atoms with van der Waals surface area (Å²) in [6.07, 6.45) is -0.0886. The average Bonchev–Trinajstić information content (AvgIpc) is 2.40. The lowest BCUT2D eigenvalue weighted by molar-refractivity contribution is 0.219. The van der Waals surface area contributed by atoms with E-state index in [9.17, 15) is 4.39 Å². The first-order chi connectivity index (χ1) is 9.58. The molecule has 0 aliphatic rings. The summed E-state index contributed by atoms with van der Waals surface area (Å²) in [6, 6.07) is 6.51. The topological polar surface area (TPSA) is 86.0 Å². The lowest BCUT2D eigenvalue weighted by Crippen LogP contribution is -2.15. The lowest BCUT2D eigenvalue weighted by atomic mass is 10.4. The first kappa shape index (κ1) is 14.5. The molecule has 0 aliphatic heterocycles. The fourth-order valence-corrected chi connectivity index (χ4v) is 2.10. The number of nitrogens with two attached hydrogens (primary N) is 1. The molecule has 0 unspecified atom stereocenters. The van der Waals surface area contributed by atoms with Gasteiger partial charge < -0.3 is 4.74 Å². The van der Waals surface area contributed by atoms with Crippen molar-refractivity contribution in [1.82, 2.24) is 15.0 Å². The molecule has 3 N–H and O–H groups in total. The van der Waals surface area contributed by atoms with Crippen LogP contribution in [0.2, 0.25) is 0 Å². The molecule has 106 valence electrons. The molecule has 0 amide bonds. The summed E-state index contributed by atoms with van der Waals surface area (Å²) in [4.78, 5) is 12.6. The molecule has 1 heterocycles. The van der Waals surface area contributed by atoms with Gasteiger partial charge in [0.25, 0.3) is 0 Å². The van der Waals surface area contributed by atoms with Gasteiger partial charge in [-0.25, -0.2) is 10.2 Å². The number of nitrogens with zero attached hydrogens (tertiary/aromatic N) is 3. The summed E-state index contributed by atoms with van der Waals surface area (Å²) in [7, 11) is 0. The minimum Gasteiger partial charge on any atom is -0.461 e. The molecule has 2 aromatic rings. The quantitative estimate of drug-likeness (QED) is 0.646. The summed E-state index contributed by atoms with van der Waals surface area (Å²) < 4.78 is 19.0. The molecular weight excluding hydrogens is 281 g/mol. The van der Waals surface area contributed by atoms with Crippen LogP contribution in [0.5, 0.6) is 6.01 Å². The van der Waals surface area contributed by atoms with E-state index in [-0.39, 0.29) is 23.9 Å². The van der Waals surface area contributed by atoms with E-state index in [0.29, 0.717) is 10.1 Å². The number of hydrazine groups is 1.